The van der Waals surface area contributed by atoms with Crippen molar-refractivity contribution in [3.05, 3.63) is 45.9 Å². The lowest BCUT2D eigenvalue weighted by atomic mass is 10.1. The molecule has 2 rings (SSSR count). The van der Waals surface area contributed by atoms with Crippen LogP contribution in [0.1, 0.15) is 16.5 Å². The molecule has 0 fully saturated rings. The van der Waals surface area contributed by atoms with E-state index < -0.39 is 0 Å². The predicted molar refractivity (Wildman–Crippen MR) is 66.9 cm³/mol. The zero-order valence-corrected chi connectivity index (χ0v) is 10.4. The van der Waals surface area contributed by atoms with Gasteiger partial charge >= 0.3 is 0 Å². The molecule has 0 saturated heterocycles. The minimum Gasteiger partial charge on any atom is -0.312 e. The number of halogens is 1. The maximum absolute atomic E-state index is 6.13. The molecule has 0 amide bonds. The van der Waals surface area contributed by atoms with E-state index in [1.807, 2.05) is 31.3 Å². The lowest BCUT2D eigenvalue weighted by molar-refractivity contribution is 0.601. The van der Waals surface area contributed by atoms with Crippen LogP contribution in [0.4, 0.5) is 0 Å². The first-order valence-electron chi connectivity index (χ1n) is 4.99. The monoisotopic (exact) mass is 253 g/mol. The fourth-order valence-corrected chi connectivity index (χ4v) is 2.38. The molecule has 0 saturated carbocycles. The zero-order valence-electron chi connectivity index (χ0n) is 8.85. The van der Waals surface area contributed by atoms with Gasteiger partial charge in [-0.1, -0.05) is 34.3 Å². The number of benzene rings is 1. The van der Waals surface area contributed by atoms with Crippen molar-refractivity contribution in [2.75, 3.05) is 7.05 Å². The smallest absolute Gasteiger partial charge is 0.0669 e. The highest BCUT2D eigenvalue weighted by atomic mass is 35.5. The highest BCUT2D eigenvalue weighted by Crippen LogP contribution is 2.24. The first-order valence-corrected chi connectivity index (χ1v) is 6.14. The fourth-order valence-electron chi connectivity index (χ4n) is 1.56. The van der Waals surface area contributed by atoms with E-state index in [1.54, 1.807) is 6.20 Å². The van der Waals surface area contributed by atoms with Crippen LogP contribution in [0.25, 0.3) is 0 Å². The van der Waals surface area contributed by atoms with Gasteiger partial charge in [0.05, 0.1) is 11.1 Å². The average molecular weight is 254 g/mol. The molecule has 0 spiro atoms. The molecule has 16 heavy (non-hydrogen) atoms. The Kier molecular flexibility index (Phi) is 3.88. The summed E-state index contributed by atoms with van der Waals surface area (Å²) in [6.07, 6.45) is 2.64. The summed E-state index contributed by atoms with van der Waals surface area (Å²) in [6.45, 7) is 0. The van der Waals surface area contributed by atoms with Crippen molar-refractivity contribution in [1.29, 1.82) is 0 Å². The third-order valence-electron chi connectivity index (χ3n) is 2.45. The number of aromatic nitrogens is 2. The summed E-state index contributed by atoms with van der Waals surface area (Å²) in [5, 5.41) is 7.91. The average Bonchev–Trinajstić information content (AvgIpc) is 2.81. The molecule has 1 N–H and O–H groups in total. The molecule has 84 valence electrons. The summed E-state index contributed by atoms with van der Waals surface area (Å²) in [7, 11) is 1.93. The highest BCUT2D eigenvalue weighted by Gasteiger charge is 2.13. The van der Waals surface area contributed by atoms with Gasteiger partial charge in [0.15, 0.2) is 0 Å². The number of nitrogens with zero attached hydrogens (tertiary/aromatic N) is 2. The van der Waals surface area contributed by atoms with Crippen molar-refractivity contribution in [2.45, 2.75) is 12.5 Å². The third kappa shape index (κ3) is 2.58. The molecule has 1 aromatic carbocycles. The van der Waals surface area contributed by atoms with Crippen LogP contribution in [0.15, 0.2) is 30.5 Å². The maximum atomic E-state index is 6.13. The number of likely N-dealkylation sites (N-methyl/N-ethyl adjacent to an activating group) is 1. The summed E-state index contributed by atoms with van der Waals surface area (Å²) < 4.78 is 3.87. The maximum Gasteiger partial charge on any atom is 0.0669 e. The minimum absolute atomic E-state index is 0.222. The predicted octanol–water partition coefficient (Wildman–Crippen LogP) is 2.69. The van der Waals surface area contributed by atoms with Crippen LogP contribution in [-0.2, 0) is 6.42 Å². The summed E-state index contributed by atoms with van der Waals surface area (Å²) in [6, 6.07) is 8.11. The Morgan fingerprint density at radius 1 is 1.44 bits per heavy atom. The van der Waals surface area contributed by atoms with E-state index in [4.69, 9.17) is 11.6 Å². The standard InChI is InChI=1S/C11H12ClN3S/c1-13-10(11-7-14-15-16-11)6-8-4-2-3-5-9(8)12/h2-5,7,10,13H,6H2,1H3. The second-order valence-corrected chi connectivity index (χ2v) is 4.68. The summed E-state index contributed by atoms with van der Waals surface area (Å²) in [5.74, 6) is 0. The summed E-state index contributed by atoms with van der Waals surface area (Å²) in [5.41, 5.74) is 1.14. The van der Waals surface area contributed by atoms with Crippen LogP contribution in [0, 0.1) is 0 Å². The largest absolute Gasteiger partial charge is 0.312 e. The molecule has 1 unspecified atom stereocenters. The van der Waals surface area contributed by atoms with Crippen molar-refractivity contribution >= 4 is 23.1 Å². The van der Waals surface area contributed by atoms with E-state index in [1.165, 1.54) is 11.5 Å². The third-order valence-corrected chi connectivity index (χ3v) is 3.60. The van der Waals surface area contributed by atoms with Crippen molar-refractivity contribution in [3.8, 4) is 0 Å². The normalized spacial score (nSPS) is 12.6. The number of hydrogen-bond acceptors (Lipinski definition) is 4. The molecule has 1 aromatic heterocycles. The topological polar surface area (TPSA) is 37.8 Å². The number of nitrogens with one attached hydrogen (secondary N) is 1. The molecule has 0 aliphatic heterocycles. The van der Waals surface area contributed by atoms with E-state index in [2.05, 4.69) is 14.9 Å². The van der Waals surface area contributed by atoms with E-state index in [0.29, 0.717) is 0 Å². The lowest BCUT2D eigenvalue weighted by Gasteiger charge is -2.14. The Morgan fingerprint density at radius 3 is 2.88 bits per heavy atom. The molecule has 1 atom stereocenters. The van der Waals surface area contributed by atoms with Crippen LogP contribution < -0.4 is 5.32 Å². The van der Waals surface area contributed by atoms with Gasteiger partial charge < -0.3 is 5.32 Å². The van der Waals surface area contributed by atoms with Crippen molar-refractivity contribution in [1.82, 2.24) is 14.9 Å². The van der Waals surface area contributed by atoms with Crippen LogP contribution in [0.5, 0.6) is 0 Å². The molecule has 0 aliphatic carbocycles. The van der Waals surface area contributed by atoms with Crippen molar-refractivity contribution in [3.63, 3.8) is 0 Å². The van der Waals surface area contributed by atoms with Gasteiger partial charge in [-0.2, -0.15) is 0 Å². The molecule has 2 aromatic rings. The van der Waals surface area contributed by atoms with Gasteiger partial charge in [-0.15, -0.1) is 5.10 Å². The molecule has 0 aliphatic rings. The van der Waals surface area contributed by atoms with Gasteiger partial charge in [0.25, 0.3) is 0 Å². The highest BCUT2D eigenvalue weighted by molar-refractivity contribution is 7.05. The van der Waals surface area contributed by atoms with E-state index >= 15 is 0 Å². The summed E-state index contributed by atoms with van der Waals surface area (Å²) in [4.78, 5) is 1.13. The van der Waals surface area contributed by atoms with E-state index in [0.717, 1.165) is 21.9 Å². The second kappa shape index (κ2) is 5.39. The molecular weight excluding hydrogens is 242 g/mol. The van der Waals surface area contributed by atoms with Gasteiger partial charge in [0, 0.05) is 11.1 Å². The minimum atomic E-state index is 0.222. The number of rotatable bonds is 4. The Balaban J connectivity index is 2.17. The zero-order chi connectivity index (χ0) is 11.4. The van der Waals surface area contributed by atoms with Crippen LogP contribution in [0.3, 0.4) is 0 Å². The van der Waals surface area contributed by atoms with Crippen molar-refractivity contribution < 1.29 is 0 Å². The molecular formula is C11H12ClN3S. The number of hydrogen-bond donors (Lipinski definition) is 1. The fraction of sp³-hybridized carbons (Fsp3) is 0.273. The van der Waals surface area contributed by atoms with Crippen molar-refractivity contribution in [2.24, 2.45) is 0 Å². The van der Waals surface area contributed by atoms with E-state index in [9.17, 15) is 0 Å². The lowest BCUT2D eigenvalue weighted by Crippen LogP contribution is -2.17. The van der Waals surface area contributed by atoms with Gasteiger partial charge in [-0.05, 0) is 36.6 Å². The van der Waals surface area contributed by atoms with Gasteiger partial charge in [-0.3, -0.25) is 0 Å². The second-order valence-electron chi connectivity index (χ2n) is 3.46. The molecule has 5 heteroatoms. The first-order chi connectivity index (χ1) is 7.81. The first kappa shape index (κ1) is 11.5. The van der Waals surface area contributed by atoms with Crippen LogP contribution in [0.2, 0.25) is 5.02 Å². The SMILES string of the molecule is CNC(Cc1ccccc1Cl)c1cnns1. The molecule has 3 nitrogen and oxygen atoms in total. The summed E-state index contributed by atoms with van der Waals surface area (Å²) >= 11 is 7.55. The Bertz CT molecular complexity index is 444. The Morgan fingerprint density at radius 2 is 2.25 bits per heavy atom. The molecule has 0 radical (unpaired) electrons. The molecule has 1 heterocycles. The van der Waals surface area contributed by atoms with Gasteiger partial charge in [0.1, 0.15) is 0 Å². The quantitative estimate of drug-likeness (QED) is 0.911. The molecule has 0 bridgehead atoms. The van der Waals surface area contributed by atoms with Gasteiger partial charge in [-0.25, -0.2) is 0 Å². The van der Waals surface area contributed by atoms with Crippen LogP contribution >= 0.6 is 23.1 Å². The van der Waals surface area contributed by atoms with Crippen LogP contribution in [-0.4, -0.2) is 16.6 Å². The Labute approximate surface area is 104 Å². The van der Waals surface area contributed by atoms with E-state index in [-0.39, 0.29) is 6.04 Å². The Hall–Kier alpha value is -0.970. The van der Waals surface area contributed by atoms with Gasteiger partial charge in [0.2, 0.25) is 0 Å².